The second kappa shape index (κ2) is 7.61. The second-order valence-corrected chi connectivity index (χ2v) is 6.29. The van der Waals surface area contributed by atoms with Crippen LogP contribution in [0.1, 0.15) is 12.0 Å². The Morgan fingerprint density at radius 3 is 2.68 bits per heavy atom. The normalized spacial score (nSPS) is 10.5. The number of hydrogen-bond acceptors (Lipinski definition) is 2. The zero-order chi connectivity index (χ0) is 16.1. The Morgan fingerprint density at radius 1 is 1.18 bits per heavy atom. The molecule has 0 atom stereocenters. The van der Waals surface area contributed by atoms with Crippen LogP contribution in [-0.4, -0.2) is 11.7 Å². The summed E-state index contributed by atoms with van der Waals surface area (Å²) < 4.78 is 25.9. The molecule has 2 nitrogen and oxygen atoms in total. The summed E-state index contributed by atoms with van der Waals surface area (Å²) in [5.74, 6) is -1.45. The van der Waals surface area contributed by atoms with E-state index < -0.39 is 11.6 Å². The molecule has 0 radical (unpaired) electrons. The monoisotopic (exact) mass is 341 g/mol. The number of carbonyl (C=O) groups excluding carboxylic acids is 1. The van der Waals surface area contributed by atoms with Gasteiger partial charge in [-0.25, -0.2) is 8.78 Å². The van der Waals surface area contributed by atoms with Crippen molar-refractivity contribution in [2.24, 2.45) is 0 Å². The third-order valence-corrected chi connectivity index (χ3v) is 4.19. The fourth-order valence-corrected chi connectivity index (χ4v) is 2.82. The van der Waals surface area contributed by atoms with Crippen LogP contribution in [0.4, 0.5) is 14.5 Å². The molecule has 0 aliphatic carbocycles. The molecule has 0 heterocycles. The second-order valence-electron chi connectivity index (χ2n) is 4.68. The molecule has 22 heavy (non-hydrogen) atoms. The van der Waals surface area contributed by atoms with Gasteiger partial charge in [0.15, 0.2) is 11.6 Å². The summed E-state index contributed by atoms with van der Waals surface area (Å²) >= 11 is 7.19. The van der Waals surface area contributed by atoms with Gasteiger partial charge in [-0.05, 0) is 42.8 Å². The van der Waals surface area contributed by atoms with Gasteiger partial charge in [0, 0.05) is 27.8 Å². The highest BCUT2D eigenvalue weighted by atomic mass is 35.5. The number of rotatable bonds is 5. The molecule has 0 aromatic heterocycles. The molecule has 1 amide bonds. The number of aryl methyl sites for hydroxylation is 1. The molecule has 116 valence electrons. The van der Waals surface area contributed by atoms with Crippen LogP contribution >= 0.6 is 23.4 Å². The van der Waals surface area contributed by atoms with Gasteiger partial charge in [0.2, 0.25) is 5.91 Å². The van der Waals surface area contributed by atoms with E-state index in [-0.39, 0.29) is 12.3 Å². The molecule has 0 fully saturated rings. The van der Waals surface area contributed by atoms with E-state index in [4.69, 9.17) is 11.6 Å². The van der Waals surface area contributed by atoms with Crippen LogP contribution in [0.5, 0.6) is 0 Å². The maximum absolute atomic E-state index is 13.1. The number of halogens is 3. The first kappa shape index (κ1) is 16.8. The molecule has 0 bridgehead atoms. The smallest absolute Gasteiger partial charge is 0.225 e. The van der Waals surface area contributed by atoms with Gasteiger partial charge in [0.1, 0.15) is 0 Å². The van der Waals surface area contributed by atoms with E-state index in [1.807, 2.05) is 13.0 Å². The lowest BCUT2D eigenvalue weighted by atomic mass is 10.2. The van der Waals surface area contributed by atoms with Gasteiger partial charge >= 0.3 is 0 Å². The van der Waals surface area contributed by atoms with Gasteiger partial charge in [-0.2, -0.15) is 0 Å². The molecule has 0 saturated heterocycles. The summed E-state index contributed by atoms with van der Waals surface area (Å²) in [6, 6.07) is 8.96. The number of amides is 1. The minimum Gasteiger partial charge on any atom is -0.326 e. The van der Waals surface area contributed by atoms with Crippen LogP contribution in [0, 0.1) is 18.6 Å². The van der Waals surface area contributed by atoms with Crippen molar-refractivity contribution in [3.05, 3.63) is 58.6 Å². The number of nitrogens with one attached hydrogen (secondary N) is 1. The maximum Gasteiger partial charge on any atom is 0.225 e. The third-order valence-electron chi connectivity index (χ3n) is 2.96. The Morgan fingerprint density at radius 2 is 1.95 bits per heavy atom. The maximum atomic E-state index is 13.1. The minimum absolute atomic E-state index is 0.152. The van der Waals surface area contributed by atoms with Crippen molar-refractivity contribution in [1.29, 1.82) is 0 Å². The lowest BCUT2D eigenvalue weighted by Crippen LogP contribution is -2.13. The summed E-state index contributed by atoms with van der Waals surface area (Å²) in [5.41, 5.74) is 1.60. The van der Waals surface area contributed by atoms with Crippen molar-refractivity contribution < 1.29 is 13.6 Å². The predicted molar refractivity (Wildman–Crippen MR) is 86.5 cm³/mol. The van der Waals surface area contributed by atoms with E-state index >= 15 is 0 Å². The molecule has 6 heteroatoms. The number of anilines is 1. The van der Waals surface area contributed by atoms with E-state index in [1.165, 1.54) is 17.8 Å². The average Bonchev–Trinajstić information content (AvgIpc) is 2.47. The zero-order valence-electron chi connectivity index (χ0n) is 11.8. The first-order valence-electron chi connectivity index (χ1n) is 6.59. The van der Waals surface area contributed by atoms with Gasteiger partial charge in [0.05, 0.1) is 0 Å². The fraction of sp³-hybridized carbons (Fsp3) is 0.188. The largest absolute Gasteiger partial charge is 0.326 e. The highest BCUT2D eigenvalue weighted by Gasteiger charge is 2.07. The van der Waals surface area contributed by atoms with Crippen LogP contribution in [-0.2, 0) is 4.79 Å². The predicted octanol–water partition coefficient (Wildman–Crippen LogP) is 5.05. The first-order chi connectivity index (χ1) is 10.5. The Balaban J connectivity index is 1.85. The van der Waals surface area contributed by atoms with Crippen LogP contribution in [0.2, 0.25) is 5.02 Å². The van der Waals surface area contributed by atoms with Gasteiger partial charge < -0.3 is 5.32 Å². The van der Waals surface area contributed by atoms with Gasteiger partial charge in [-0.1, -0.05) is 17.7 Å². The molecular formula is C16H14ClF2NOS. The summed E-state index contributed by atoms with van der Waals surface area (Å²) in [6.07, 6.45) is 0.260. The van der Waals surface area contributed by atoms with Crippen LogP contribution in [0.3, 0.4) is 0 Å². The molecule has 0 unspecified atom stereocenters. The van der Waals surface area contributed by atoms with E-state index in [1.54, 1.807) is 12.1 Å². The van der Waals surface area contributed by atoms with Crippen molar-refractivity contribution >= 4 is 35.0 Å². The highest BCUT2D eigenvalue weighted by molar-refractivity contribution is 7.99. The summed E-state index contributed by atoms with van der Waals surface area (Å²) in [7, 11) is 0. The molecule has 2 rings (SSSR count). The molecule has 0 aliphatic heterocycles. The SMILES string of the molecule is Cc1ccc(Cl)cc1NC(=O)CCSc1ccc(F)c(F)c1. The Kier molecular flexibility index (Phi) is 5.80. The Labute approximate surface area is 136 Å². The molecule has 2 aromatic carbocycles. The van der Waals surface area contributed by atoms with Crippen molar-refractivity contribution in [3.8, 4) is 0 Å². The number of carbonyl (C=O) groups is 1. The molecule has 0 aliphatic rings. The highest BCUT2D eigenvalue weighted by Crippen LogP contribution is 2.23. The number of benzene rings is 2. The first-order valence-corrected chi connectivity index (χ1v) is 7.96. The van der Waals surface area contributed by atoms with Crippen molar-refractivity contribution in [1.82, 2.24) is 0 Å². The molecule has 0 saturated carbocycles. The van der Waals surface area contributed by atoms with Gasteiger partial charge in [-0.3, -0.25) is 4.79 Å². The summed E-state index contributed by atoms with van der Waals surface area (Å²) in [5, 5.41) is 3.34. The molecular weight excluding hydrogens is 328 g/mol. The van der Waals surface area contributed by atoms with Gasteiger partial charge in [-0.15, -0.1) is 11.8 Å². The standard InChI is InChI=1S/C16H14ClF2NOS/c1-10-2-3-11(17)8-15(10)20-16(21)6-7-22-12-4-5-13(18)14(19)9-12/h2-5,8-9H,6-7H2,1H3,(H,20,21). The van der Waals surface area contributed by atoms with Crippen LogP contribution < -0.4 is 5.32 Å². The van der Waals surface area contributed by atoms with E-state index in [0.29, 0.717) is 21.4 Å². The summed E-state index contributed by atoms with van der Waals surface area (Å²) in [4.78, 5) is 12.5. The van der Waals surface area contributed by atoms with E-state index in [0.717, 1.165) is 17.7 Å². The number of thioether (sulfide) groups is 1. The quantitative estimate of drug-likeness (QED) is 0.771. The van der Waals surface area contributed by atoms with Crippen molar-refractivity contribution in [3.63, 3.8) is 0 Å². The van der Waals surface area contributed by atoms with E-state index in [9.17, 15) is 13.6 Å². The molecule has 2 aromatic rings. The van der Waals surface area contributed by atoms with Crippen LogP contribution in [0.15, 0.2) is 41.3 Å². The lowest BCUT2D eigenvalue weighted by Gasteiger charge is -2.08. The average molecular weight is 342 g/mol. The van der Waals surface area contributed by atoms with Crippen molar-refractivity contribution in [2.75, 3.05) is 11.1 Å². The number of hydrogen-bond donors (Lipinski definition) is 1. The Bertz CT molecular complexity index is 694. The minimum atomic E-state index is -0.885. The zero-order valence-corrected chi connectivity index (χ0v) is 13.4. The Hall–Kier alpha value is -1.59. The van der Waals surface area contributed by atoms with Crippen LogP contribution in [0.25, 0.3) is 0 Å². The molecule has 0 spiro atoms. The van der Waals surface area contributed by atoms with Gasteiger partial charge in [0.25, 0.3) is 0 Å². The third kappa shape index (κ3) is 4.71. The molecule has 1 N–H and O–H groups in total. The topological polar surface area (TPSA) is 29.1 Å². The fourth-order valence-electron chi connectivity index (χ4n) is 1.77. The lowest BCUT2D eigenvalue weighted by molar-refractivity contribution is -0.115. The van der Waals surface area contributed by atoms with E-state index in [2.05, 4.69) is 5.32 Å². The summed E-state index contributed by atoms with van der Waals surface area (Å²) in [6.45, 7) is 1.88. The van der Waals surface area contributed by atoms with Crippen molar-refractivity contribution in [2.45, 2.75) is 18.2 Å².